The fourth-order valence-electron chi connectivity index (χ4n) is 4.17. The molecule has 0 spiro atoms. The molecule has 0 aliphatic rings. The third kappa shape index (κ3) is 2.15. The van der Waals surface area contributed by atoms with E-state index in [0.717, 1.165) is 33.2 Å². The van der Waals surface area contributed by atoms with Crippen molar-refractivity contribution in [2.24, 2.45) is 0 Å². The van der Waals surface area contributed by atoms with E-state index in [4.69, 9.17) is 9.97 Å². The molecular formula is C26H16N2. The number of aromatic nitrogens is 2. The van der Waals surface area contributed by atoms with Crippen molar-refractivity contribution < 1.29 is 0 Å². The summed E-state index contributed by atoms with van der Waals surface area (Å²) in [5.74, 6) is 0. The zero-order valence-corrected chi connectivity index (χ0v) is 15.1. The van der Waals surface area contributed by atoms with Crippen LogP contribution >= 0.6 is 0 Å². The zero-order chi connectivity index (χ0) is 18.5. The first-order chi connectivity index (χ1) is 13.9. The first kappa shape index (κ1) is 15.3. The van der Waals surface area contributed by atoms with Crippen molar-refractivity contribution in [1.29, 1.82) is 0 Å². The number of nitrogens with zero attached hydrogens (tertiary/aromatic N) is 2. The van der Waals surface area contributed by atoms with E-state index in [1.807, 2.05) is 12.1 Å². The summed E-state index contributed by atoms with van der Waals surface area (Å²) in [4.78, 5) is 10.1. The van der Waals surface area contributed by atoms with Gasteiger partial charge in [0, 0.05) is 21.5 Å². The molecular weight excluding hydrogens is 340 g/mol. The van der Waals surface area contributed by atoms with Gasteiger partial charge in [0.05, 0.1) is 22.4 Å². The van der Waals surface area contributed by atoms with Gasteiger partial charge < -0.3 is 0 Å². The highest BCUT2D eigenvalue weighted by Crippen LogP contribution is 2.36. The summed E-state index contributed by atoms with van der Waals surface area (Å²) in [7, 11) is 0. The second kappa shape index (κ2) is 5.86. The average Bonchev–Trinajstić information content (AvgIpc) is 2.78. The first-order valence-corrected chi connectivity index (χ1v) is 9.45. The first-order valence-electron chi connectivity index (χ1n) is 9.45. The van der Waals surface area contributed by atoms with Crippen molar-refractivity contribution in [2.75, 3.05) is 0 Å². The molecule has 2 heteroatoms. The lowest BCUT2D eigenvalue weighted by molar-refractivity contribution is 1.36. The molecule has 0 radical (unpaired) electrons. The van der Waals surface area contributed by atoms with Crippen LogP contribution in [0.5, 0.6) is 0 Å². The van der Waals surface area contributed by atoms with Gasteiger partial charge in [0.2, 0.25) is 0 Å². The summed E-state index contributed by atoms with van der Waals surface area (Å²) in [5.41, 5.74) is 3.87. The van der Waals surface area contributed by atoms with Crippen molar-refractivity contribution in [3.05, 3.63) is 97.1 Å². The lowest BCUT2D eigenvalue weighted by Crippen LogP contribution is -1.94. The van der Waals surface area contributed by atoms with Crippen LogP contribution in [0.25, 0.3) is 54.7 Å². The van der Waals surface area contributed by atoms with Gasteiger partial charge in [0.15, 0.2) is 0 Å². The van der Waals surface area contributed by atoms with Gasteiger partial charge in [-0.1, -0.05) is 84.9 Å². The minimum Gasteiger partial charge on any atom is -0.245 e. The van der Waals surface area contributed by atoms with Gasteiger partial charge in [-0.3, -0.25) is 0 Å². The fourth-order valence-corrected chi connectivity index (χ4v) is 4.17. The van der Waals surface area contributed by atoms with Gasteiger partial charge >= 0.3 is 0 Å². The number of pyridine rings is 2. The third-order valence-electron chi connectivity index (χ3n) is 5.44. The molecule has 0 bridgehead atoms. The summed E-state index contributed by atoms with van der Waals surface area (Å²) in [6, 6.07) is 33.6. The number of rotatable bonds is 1. The van der Waals surface area contributed by atoms with Crippen LogP contribution in [0.15, 0.2) is 97.1 Å². The Morgan fingerprint density at radius 3 is 1.07 bits per heavy atom. The van der Waals surface area contributed by atoms with E-state index >= 15 is 0 Å². The molecule has 2 heterocycles. The maximum Gasteiger partial charge on any atom is 0.0978 e. The van der Waals surface area contributed by atoms with Crippen LogP contribution < -0.4 is 0 Å². The van der Waals surface area contributed by atoms with Crippen LogP contribution in [0.3, 0.4) is 0 Å². The number of benzene rings is 4. The summed E-state index contributed by atoms with van der Waals surface area (Å²) in [6.45, 7) is 0. The summed E-state index contributed by atoms with van der Waals surface area (Å²) in [5, 5.41) is 7.03. The van der Waals surface area contributed by atoms with Crippen molar-refractivity contribution in [2.45, 2.75) is 0 Å². The van der Waals surface area contributed by atoms with E-state index < -0.39 is 0 Å². The van der Waals surface area contributed by atoms with Crippen LogP contribution in [-0.4, -0.2) is 9.97 Å². The van der Waals surface area contributed by atoms with Crippen LogP contribution in [-0.2, 0) is 0 Å². The fraction of sp³-hybridized carbons (Fsp3) is 0. The van der Waals surface area contributed by atoms with Crippen LogP contribution in [0, 0.1) is 0 Å². The van der Waals surface area contributed by atoms with Crippen molar-refractivity contribution in [3.8, 4) is 11.4 Å². The quantitative estimate of drug-likeness (QED) is 0.304. The molecule has 2 nitrogen and oxygen atoms in total. The van der Waals surface area contributed by atoms with Crippen molar-refractivity contribution in [3.63, 3.8) is 0 Å². The zero-order valence-electron chi connectivity index (χ0n) is 15.1. The lowest BCUT2D eigenvalue weighted by atomic mass is 9.98. The highest BCUT2D eigenvalue weighted by Gasteiger charge is 2.15. The number of hydrogen-bond acceptors (Lipinski definition) is 2. The Morgan fingerprint density at radius 1 is 0.321 bits per heavy atom. The predicted molar refractivity (Wildman–Crippen MR) is 117 cm³/mol. The second-order valence-corrected chi connectivity index (χ2v) is 7.05. The standard InChI is InChI=1S/C26H16N2/c1-3-13-21-17(9-1)19-11-5-7-15-23(19)27-25(21)26-22-14-4-2-10-18(22)20-12-6-8-16-24(20)28-26/h1-16H. The monoisotopic (exact) mass is 356 g/mol. The van der Waals surface area contributed by atoms with Gasteiger partial charge in [-0.2, -0.15) is 0 Å². The maximum absolute atomic E-state index is 5.07. The summed E-state index contributed by atoms with van der Waals surface area (Å²) in [6.07, 6.45) is 0. The molecule has 6 rings (SSSR count). The van der Waals surface area contributed by atoms with Gasteiger partial charge in [-0.05, 0) is 22.9 Å². The molecule has 6 aromatic rings. The van der Waals surface area contributed by atoms with Crippen molar-refractivity contribution >= 4 is 43.4 Å². The molecule has 0 aliphatic heterocycles. The summed E-state index contributed by atoms with van der Waals surface area (Å²) < 4.78 is 0. The lowest BCUT2D eigenvalue weighted by Gasteiger charge is -2.13. The highest BCUT2D eigenvalue weighted by atomic mass is 14.8. The molecule has 0 N–H and O–H groups in total. The predicted octanol–water partition coefficient (Wildman–Crippen LogP) is 6.76. The number of hydrogen-bond donors (Lipinski definition) is 0. The molecule has 2 aromatic heterocycles. The molecule has 0 amide bonds. The van der Waals surface area contributed by atoms with Crippen LogP contribution in [0.4, 0.5) is 0 Å². The molecule has 0 saturated heterocycles. The van der Waals surface area contributed by atoms with Gasteiger partial charge in [-0.25, -0.2) is 9.97 Å². The minimum absolute atomic E-state index is 0.941. The number of fused-ring (bicyclic) bond motifs is 6. The molecule has 130 valence electrons. The Kier molecular flexibility index (Phi) is 3.20. The van der Waals surface area contributed by atoms with E-state index in [1.54, 1.807) is 0 Å². The largest absolute Gasteiger partial charge is 0.245 e. The van der Waals surface area contributed by atoms with Crippen LogP contribution in [0.2, 0.25) is 0 Å². The van der Waals surface area contributed by atoms with E-state index in [1.165, 1.54) is 21.5 Å². The maximum atomic E-state index is 5.07. The third-order valence-corrected chi connectivity index (χ3v) is 5.44. The smallest absolute Gasteiger partial charge is 0.0978 e. The van der Waals surface area contributed by atoms with E-state index in [-0.39, 0.29) is 0 Å². The molecule has 4 aromatic carbocycles. The molecule has 0 atom stereocenters. The van der Waals surface area contributed by atoms with Crippen LogP contribution in [0.1, 0.15) is 0 Å². The Bertz CT molecular complexity index is 1400. The Morgan fingerprint density at radius 2 is 0.643 bits per heavy atom. The molecule has 0 aliphatic carbocycles. The number of para-hydroxylation sites is 2. The molecule has 0 unspecified atom stereocenters. The average molecular weight is 356 g/mol. The van der Waals surface area contributed by atoms with Gasteiger partial charge in [0.25, 0.3) is 0 Å². The normalized spacial score (nSPS) is 11.6. The molecule has 0 fully saturated rings. The van der Waals surface area contributed by atoms with Gasteiger partial charge in [-0.15, -0.1) is 0 Å². The van der Waals surface area contributed by atoms with Crippen molar-refractivity contribution in [1.82, 2.24) is 9.97 Å². The van der Waals surface area contributed by atoms with E-state index in [2.05, 4.69) is 84.9 Å². The molecule has 28 heavy (non-hydrogen) atoms. The van der Waals surface area contributed by atoms with Gasteiger partial charge in [0.1, 0.15) is 0 Å². The van der Waals surface area contributed by atoms with E-state index in [0.29, 0.717) is 0 Å². The molecule has 0 saturated carbocycles. The topological polar surface area (TPSA) is 25.8 Å². The summed E-state index contributed by atoms with van der Waals surface area (Å²) >= 11 is 0. The van der Waals surface area contributed by atoms with E-state index in [9.17, 15) is 0 Å². The highest BCUT2D eigenvalue weighted by molar-refractivity contribution is 6.16. The Hall–Kier alpha value is -3.78. The Balaban J connectivity index is 1.84. The SMILES string of the molecule is c1ccc2c(c1)nc(-c1nc3ccccc3c3ccccc13)c1ccccc12. The second-order valence-electron chi connectivity index (χ2n) is 7.05. The minimum atomic E-state index is 0.941. The Labute approximate surface area is 162 Å².